The number of aliphatic imine (C=N–C) groups is 1. The molecule has 0 aliphatic carbocycles. The Morgan fingerprint density at radius 2 is 1.96 bits per heavy atom. The number of nitrogens with one attached hydrogen (secondary N) is 1. The van der Waals surface area contributed by atoms with Crippen LogP contribution in [0.2, 0.25) is 0 Å². The molecule has 146 valence electrons. The number of hydrogen-bond donors (Lipinski definition) is 2. The lowest BCUT2D eigenvalue weighted by molar-refractivity contribution is -0.137. The van der Waals surface area contributed by atoms with Crippen LogP contribution in [-0.4, -0.2) is 23.1 Å². The number of nitrogens with zero attached hydrogens (tertiary/aromatic N) is 2. The smallest absolute Gasteiger partial charge is 0.404 e. The van der Waals surface area contributed by atoms with Crippen LogP contribution < -0.4 is 11.1 Å². The molecule has 0 spiro atoms. The van der Waals surface area contributed by atoms with Gasteiger partial charge in [0.25, 0.3) is 5.91 Å². The number of nitrogens with two attached hydrogens (primary N) is 1. The van der Waals surface area contributed by atoms with E-state index in [0.717, 1.165) is 12.1 Å². The van der Waals surface area contributed by atoms with E-state index in [2.05, 4.69) is 15.3 Å². The molecule has 3 N–H and O–H groups in total. The maximum atomic E-state index is 13.6. The standard InChI is InChI=1S/C19H16F4N4O/c20-14-5-11(4-13(7-14)19(21,22)23)3-12-6-15(10-25-9-12)27-17-1-2-26-18(28)16(17)8-24/h4-10H,1-3,24H2,(H,26,28)/b16-8+,27-17?. The zero-order valence-corrected chi connectivity index (χ0v) is 14.6. The van der Waals surface area contributed by atoms with Gasteiger partial charge in [-0.15, -0.1) is 0 Å². The van der Waals surface area contributed by atoms with Crippen LogP contribution in [0.15, 0.2) is 53.4 Å². The SMILES string of the molecule is N/C=C1/C(=O)NCCC1=Nc1cncc(Cc2cc(F)cc(C(F)(F)F)c2)c1. The summed E-state index contributed by atoms with van der Waals surface area (Å²) in [5.74, 6) is -1.28. The highest BCUT2D eigenvalue weighted by Crippen LogP contribution is 2.31. The molecule has 0 bridgehead atoms. The van der Waals surface area contributed by atoms with E-state index in [0.29, 0.717) is 36.0 Å². The van der Waals surface area contributed by atoms with Gasteiger partial charge in [-0.05, 0) is 41.8 Å². The number of carbonyl (C=O) groups is 1. The number of halogens is 4. The topological polar surface area (TPSA) is 80.4 Å². The fourth-order valence-electron chi connectivity index (χ4n) is 2.88. The Morgan fingerprint density at radius 3 is 2.68 bits per heavy atom. The highest BCUT2D eigenvalue weighted by molar-refractivity contribution is 6.23. The van der Waals surface area contributed by atoms with Crippen molar-refractivity contribution >= 4 is 17.3 Å². The first kappa shape index (κ1) is 19.5. The average molecular weight is 392 g/mol. The molecule has 0 radical (unpaired) electrons. The van der Waals surface area contributed by atoms with Gasteiger partial charge in [-0.2, -0.15) is 13.2 Å². The summed E-state index contributed by atoms with van der Waals surface area (Å²) in [5, 5.41) is 2.65. The average Bonchev–Trinajstić information content (AvgIpc) is 2.61. The van der Waals surface area contributed by atoms with E-state index in [4.69, 9.17) is 5.73 Å². The van der Waals surface area contributed by atoms with Gasteiger partial charge >= 0.3 is 6.18 Å². The van der Waals surface area contributed by atoms with Crippen molar-refractivity contribution in [3.8, 4) is 0 Å². The summed E-state index contributed by atoms with van der Waals surface area (Å²) in [6, 6.07) is 4.04. The predicted molar refractivity (Wildman–Crippen MR) is 95.4 cm³/mol. The van der Waals surface area contributed by atoms with E-state index < -0.39 is 17.6 Å². The van der Waals surface area contributed by atoms with Crippen LogP contribution in [0, 0.1) is 5.82 Å². The zero-order valence-electron chi connectivity index (χ0n) is 14.6. The molecule has 1 fully saturated rings. The number of amides is 1. The van der Waals surface area contributed by atoms with E-state index in [1.807, 2.05) is 0 Å². The fraction of sp³-hybridized carbons (Fsp3) is 0.211. The van der Waals surface area contributed by atoms with Gasteiger partial charge < -0.3 is 11.1 Å². The second-order valence-corrected chi connectivity index (χ2v) is 6.22. The Morgan fingerprint density at radius 1 is 1.18 bits per heavy atom. The van der Waals surface area contributed by atoms with E-state index in [1.165, 1.54) is 18.6 Å². The van der Waals surface area contributed by atoms with E-state index >= 15 is 0 Å². The van der Waals surface area contributed by atoms with Crippen molar-refractivity contribution in [2.24, 2.45) is 10.7 Å². The monoisotopic (exact) mass is 392 g/mol. The molecule has 1 aliphatic rings. The van der Waals surface area contributed by atoms with Gasteiger partial charge in [0.15, 0.2) is 0 Å². The van der Waals surface area contributed by atoms with E-state index in [9.17, 15) is 22.4 Å². The molecule has 1 amide bonds. The first-order chi connectivity index (χ1) is 13.3. The van der Waals surface area contributed by atoms with Crippen LogP contribution in [0.4, 0.5) is 23.2 Å². The first-order valence-corrected chi connectivity index (χ1v) is 8.35. The van der Waals surface area contributed by atoms with Crippen LogP contribution in [0.5, 0.6) is 0 Å². The van der Waals surface area contributed by atoms with Crippen LogP contribution in [0.1, 0.15) is 23.1 Å². The Kier molecular flexibility index (Phi) is 5.43. The minimum atomic E-state index is -4.63. The lowest BCUT2D eigenvalue weighted by atomic mass is 10.0. The number of piperidine rings is 1. The van der Waals surface area contributed by atoms with Crippen molar-refractivity contribution in [2.45, 2.75) is 19.0 Å². The third kappa shape index (κ3) is 4.54. The third-order valence-corrected chi connectivity index (χ3v) is 4.11. The molecular formula is C19H16F4N4O. The van der Waals surface area contributed by atoms with E-state index in [1.54, 1.807) is 6.07 Å². The summed E-state index contributed by atoms with van der Waals surface area (Å²) in [4.78, 5) is 20.2. The third-order valence-electron chi connectivity index (χ3n) is 4.11. The Balaban J connectivity index is 1.88. The van der Waals surface area contributed by atoms with Crippen LogP contribution in [0.3, 0.4) is 0 Å². The lowest BCUT2D eigenvalue weighted by Crippen LogP contribution is -2.36. The number of alkyl halides is 3. The van der Waals surface area contributed by atoms with Gasteiger partial charge in [0, 0.05) is 25.4 Å². The van der Waals surface area contributed by atoms with Crippen molar-refractivity contribution < 1.29 is 22.4 Å². The minimum Gasteiger partial charge on any atom is -0.404 e. The molecule has 9 heteroatoms. The van der Waals surface area contributed by atoms with Gasteiger partial charge in [0.2, 0.25) is 0 Å². The Bertz CT molecular complexity index is 967. The Hall–Kier alpha value is -3.23. The number of rotatable bonds is 3. The molecule has 0 atom stereocenters. The van der Waals surface area contributed by atoms with Gasteiger partial charge in [0.1, 0.15) is 5.82 Å². The zero-order chi connectivity index (χ0) is 20.3. The molecule has 2 aromatic rings. The van der Waals surface area contributed by atoms with Gasteiger partial charge in [-0.25, -0.2) is 4.39 Å². The summed E-state index contributed by atoms with van der Waals surface area (Å²) in [6.45, 7) is 0.422. The van der Waals surface area contributed by atoms with Crippen molar-refractivity contribution in [2.75, 3.05) is 6.54 Å². The number of aromatic nitrogens is 1. The van der Waals surface area contributed by atoms with Gasteiger partial charge in [-0.3, -0.25) is 14.8 Å². The quantitative estimate of drug-likeness (QED) is 0.622. The van der Waals surface area contributed by atoms with Gasteiger partial charge in [0.05, 0.1) is 28.7 Å². The summed E-state index contributed by atoms with van der Waals surface area (Å²) in [6.07, 6.45) is 0.00881. The molecular weight excluding hydrogens is 376 g/mol. The second kappa shape index (κ2) is 7.79. The molecule has 28 heavy (non-hydrogen) atoms. The molecule has 1 aliphatic heterocycles. The number of benzene rings is 1. The largest absolute Gasteiger partial charge is 0.416 e. The summed E-state index contributed by atoms with van der Waals surface area (Å²) >= 11 is 0. The second-order valence-electron chi connectivity index (χ2n) is 6.22. The summed E-state index contributed by atoms with van der Waals surface area (Å²) < 4.78 is 52.2. The first-order valence-electron chi connectivity index (χ1n) is 8.35. The molecule has 0 saturated carbocycles. The van der Waals surface area contributed by atoms with Crippen LogP contribution in [0.25, 0.3) is 0 Å². The van der Waals surface area contributed by atoms with Crippen molar-refractivity contribution in [3.63, 3.8) is 0 Å². The molecule has 2 heterocycles. The maximum Gasteiger partial charge on any atom is 0.416 e. The minimum absolute atomic E-state index is 0.0482. The number of carbonyl (C=O) groups excluding carboxylic acids is 1. The molecule has 1 saturated heterocycles. The van der Waals surface area contributed by atoms with Crippen molar-refractivity contribution in [1.29, 1.82) is 0 Å². The number of hydrogen-bond acceptors (Lipinski definition) is 4. The molecule has 3 rings (SSSR count). The van der Waals surface area contributed by atoms with Gasteiger partial charge in [-0.1, -0.05) is 0 Å². The molecule has 1 aromatic carbocycles. The molecule has 1 aromatic heterocycles. The Labute approximate surface area is 158 Å². The molecule has 0 unspecified atom stereocenters. The van der Waals surface area contributed by atoms with Crippen molar-refractivity contribution in [1.82, 2.24) is 10.3 Å². The lowest BCUT2D eigenvalue weighted by Gasteiger charge is -2.17. The normalized spacial score (nSPS) is 17.8. The molecule has 5 nitrogen and oxygen atoms in total. The van der Waals surface area contributed by atoms with Crippen molar-refractivity contribution in [3.05, 3.63) is 70.9 Å². The highest BCUT2D eigenvalue weighted by Gasteiger charge is 2.31. The summed E-state index contributed by atoms with van der Waals surface area (Å²) in [5.41, 5.74) is 6.34. The van der Waals surface area contributed by atoms with E-state index in [-0.39, 0.29) is 23.5 Å². The predicted octanol–water partition coefficient (Wildman–Crippen LogP) is 3.27. The highest BCUT2D eigenvalue weighted by atomic mass is 19.4. The maximum absolute atomic E-state index is 13.6. The fourth-order valence-corrected chi connectivity index (χ4v) is 2.88. The summed E-state index contributed by atoms with van der Waals surface area (Å²) in [7, 11) is 0. The number of pyridine rings is 1. The van der Waals surface area contributed by atoms with Crippen LogP contribution in [-0.2, 0) is 17.4 Å². The van der Waals surface area contributed by atoms with Crippen LogP contribution >= 0.6 is 0 Å².